The van der Waals surface area contributed by atoms with Gasteiger partial charge in [-0.25, -0.2) is 0 Å². The smallest absolute Gasteiger partial charge is 0.00473 e. The van der Waals surface area contributed by atoms with Crippen molar-refractivity contribution >= 4 is 0 Å². The summed E-state index contributed by atoms with van der Waals surface area (Å²) in [7, 11) is 0. The van der Waals surface area contributed by atoms with Crippen LogP contribution in [-0.2, 0) is 0 Å². The third kappa shape index (κ3) is 4.05. The lowest BCUT2D eigenvalue weighted by molar-refractivity contribution is 0.349. The molecule has 1 aliphatic heterocycles. The highest BCUT2D eigenvalue weighted by atomic mass is 15.1. The standard InChI is InChI=1S/C14H23N/c1-4-6-7-8-9-13(3)14-10-11-15(5-2)12-14/h4,6-7,9,14H,1,5,8,10-12H2,2-3H3/b7-6?,13-9+. The van der Waals surface area contributed by atoms with Crippen molar-refractivity contribution in [3.8, 4) is 0 Å². The van der Waals surface area contributed by atoms with Crippen LogP contribution in [0.4, 0.5) is 0 Å². The van der Waals surface area contributed by atoms with Gasteiger partial charge in [-0.15, -0.1) is 0 Å². The molecule has 1 heterocycles. The van der Waals surface area contributed by atoms with Crippen molar-refractivity contribution in [2.45, 2.75) is 26.7 Å². The second-order valence-electron chi connectivity index (χ2n) is 4.23. The molecular weight excluding hydrogens is 182 g/mol. The molecule has 0 saturated carbocycles. The molecule has 0 aliphatic carbocycles. The molecule has 1 saturated heterocycles. The Bertz CT molecular complexity index is 250. The lowest BCUT2D eigenvalue weighted by atomic mass is 9.99. The fourth-order valence-electron chi connectivity index (χ4n) is 2.09. The molecule has 1 rings (SSSR count). The van der Waals surface area contributed by atoms with Crippen molar-refractivity contribution in [3.05, 3.63) is 36.5 Å². The van der Waals surface area contributed by atoms with Crippen LogP contribution in [0.3, 0.4) is 0 Å². The molecule has 1 heteroatoms. The van der Waals surface area contributed by atoms with Gasteiger partial charge in [0.25, 0.3) is 0 Å². The first-order valence-electron chi connectivity index (χ1n) is 5.94. The average molecular weight is 205 g/mol. The first-order valence-corrected chi connectivity index (χ1v) is 5.94. The van der Waals surface area contributed by atoms with E-state index in [0.29, 0.717) is 0 Å². The van der Waals surface area contributed by atoms with Gasteiger partial charge in [-0.3, -0.25) is 0 Å². The largest absolute Gasteiger partial charge is 0.303 e. The quantitative estimate of drug-likeness (QED) is 0.491. The van der Waals surface area contributed by atoms with E-state index in [1.54, 1.807) is 5.57 Å². The van der Waals surface area contributed by atoms with Gasteiger partial charge in [0, 0.05) is 6.54 Å². The van der Waals surface area contributed by atoms with Crippen LogP contribution >= 0.6 is 0 Å². The minimum atomic E-state index is 0.794. The van der Waals surface area contributed by atoms with Crippen molar-refractivity contribution in [2.24, 2.45) is 5.92 Å². The number of nitrogens with zero attached hydrogens (tertiary/aromatic N) is 1. The van der Waals surface area contributed by atoms with Crippen LogP contribution < -0.4 is 0 Å². The summed E-state index contributed by atoms with van der Waals surface area (Å²) in [5.41, 5.74) is 1.56. The van der Waals surface area contributed by atoms with Gasteiger partial charge in [0.15, 0.2) is 0 Å². The fourth-order valence-corrected chi connectivity index (χ4v) is 2.09. The lowest BCUT2D eigenvalue weighted by Gasteiger charge is -2.13. The van der Waals surface area contributed by atoms with E-state index in [4.69, 9.17) is 0 Å². The second kappa shape index (κ2) is 6.62. The minimum absolute atomic E-state index is 0.794. The Morgan fingerprint density at radius 1 is 1.53 bits per heavy atom. The number of allylic oxidation sites excluding steroid dienone is 4. The van der Waals surface area contributed by atoms with Crippen LogP contribution in [0.15, 0.2) is 36.5 Å². The molecule has 0 N–H and O–H groups in total. The van der Waals surface area contributed by atoms with Crippen LogP contribution in [0.2, 0.25) is 0 Å². The van der Waals surface area contributed by atoms with Gasteiger partial charge >= 0.3 is 0 Å². The highest BCUT2D eigenvalue weighted by Gasteiger charge is 2.21. The van der Waals surface area contributed by atoms with Crippen LogP contribution in [0.25, 0.3) is 0 Å². The summed E-state index contributed by atoms with van der Waals surface area (Å²) in [5.74, 6) is 0.794. The van der Waals surface area contributed by atoms with E-state index in [1.807, 2.05) is 12.2 Å². The molecule has 1 fully saturated rings. The Morgan fingerprint density at radius 3 is 2.93 bits per heavy atom. The summed E-state index contributed by atoms with van der Waals surface area (Å²) < 4.78 is 0. The minimum Gasteiger partial charge on any atom is -0.303 e. The normalized spacial score (nSPS) is 23.9. The van der Waals surface area contributed by atoms with E-state index in [2.05, 4.69) is 37.5 Å². The monoisotopic (exact) mass is 205 g/mol. The Morgan fingerprint density at radius 2 is 2.33 bits per heavy atom. The molecular formula is C14H23N. The van der Waals surface area contributed by atoms with Crippen LogP contribution in [0, 0.1) is 5.92 Å². The van der Waals surface area contributed by atoms with Crippen molar-refractivity contribution in [3.63, 3.8) is 0 Å². The molecule has 0 spiro atoms. The third-order valence-electron chi connectivity index (χ3n) is 3.21. The molecule has 1 atom stereocenters. The molecule has 15 heavy (non-hydrogen) atoms. The number of hydrogen-bond acceptors (Lipinski definition) is 1. The zero-order valence-corrected chi connectivity index (χ0v) is 10.1. The molecule has 84 valence electrons. The summed E-state index contributed by atoms with van der Waals surface area (Å²) in [4.78, 5) is 2.53. The van der Waals surface area contributed by atoms with Gasteiger partial charge in [0.2, 0.25) is 0 Å². The summed E-state index contributed by atoms with van der Waals surface area (Å²) in [6, 6.07) is 0. The maximum absolute atomic E-state index is 3.66. The Balaban J connectivity index is 2.36. The molecule has 0 radical (unpaired) electrons. The zero-order chi connectivity index (χ0) is 11.1. The lowest BCUT2D eigenvalue weighted by Crippen LogP contribution is -2.19. The number of rotatable bonds is 5. The van der Waals surface area contributed by atoms with Crippen molar-refractivity contribution in [1.82, 2.24) is 4.90 Å². The first-order chi connectivity index (χ1) is 7.27. The second-order valence-corrected chi connectivity index (χ2v) is 4.23. The highest BCUT2D eigenvalue weighted by Crippen LogP contribution is 2.23. The zero-order valence-electron chi connectivity index (χ0n) is 10.1. The molecule has 1 unspecified atom stereocenters. The van der Waals surface area contributed by atoms with Crippen molar-refractivity contribution < 1.29 is 0 Å². The van der Waals surface area contributed by atoms with Gasteiger partial charge < -0.3 is 4.90 Å². The summed E-state index contributed by atoms with van der Waals surface area (Å²) in [6.07, 6.45) is 10.7. The topological polar surface area (TPSA) is 3.24 Å². The van der Waals surface area contributed by atoms with E-state index in [9.17, 15) is 0 Å². The predicted octanol–water partition coefficient (Wildman–Crippen LogP) is 3.41. The van der Waals surface area contributed by atoms with Crippen LogP contribution in [0.1, 0.15) is 26.7 Å². The number of likely N-dealkylation sites (tertiary alicyclic amines) is 1. The van der Waals surface area contributed by atoms with E-state index < -0.39 is 0 Å². The highest BCUT2D eigenvalue weighted by molar-refractivity contribution is 5.10. The van der Waals surface area contributed by atoms with E-state index >= 15 is 0 Å². The van der Waals surface area contributed by atoms with Gasteiger partial charge in [-0.05, 0) is 38.8 Å². The number of hydrogen-bond donors (Lipinski definition) is 0. The Kier molecular flexibility index (Phi) is 5.41. The van der Waals surface area contributed by atoms with E-state index in [0.717, 1.165) is 12.3 Å². The van der Waals surface area contributed by atoms with Gasteiger partial charge in [0.1, 0.15) is 0 Å². The maximum atomic E-state index is 3.66. The van der Waals surface area contributed by atoms with E-state index in [-0.39, 0.29) is 0 Å². The summed E-state index contributed by atoms with van der Waals surface area (Å²) in [5, 5.41) is 0. The SMILES string of the molecule is C=CC=CC/C=C(\C)C1CCN(CC)C1. The summed E-state index contributed by atoms with van der Waals surface area (Å²) in [6.45, 7) is 11.9. The molecule has 0 aromatic rings. The van der Waals surface area contributed by atoms with Crippen LogP contribution in [-0.4, -0.2) is 24.5 Å². The molecule has 0 amide bonds. The van der Waals surface area contributed by atoms with E-state index in [1.165, 1.54) is 26.1 Å². The van der Waals surface area contributed by atoms with Crippen molar-refractivity contribution in [1.29, 1.82) is 0 Å². The fraction of sp³-hybridized carbons (Fsp3) is 0.571. The van der Waals surface area contributed by atoms with Crippen LogP contribution in [0.5, 0.6) is 0 Å². The Labute approximate surface area is 94.2 Å². The molecule has 1 aliphatic rings. The molecule has 0 aromatic carbocycles. The van der Waals surface area contributed by atoms with Gasteiger partial charge in [-0.2, -0.15) is 0 Å². The van der Waals surface area contributed by atoms with Gasteiger partial charge in [0.05, 0.1) is 0 Å². The molecule has 1 nitrogen and oxygen atoms in total. The third-order valence-corrected chi connectivity index (χ3v) is 3.21. The predicted molar refractivity (Wildman–Crippen MR) is 67.9 cm³/mol. The summed E-state index contributed by atoms with van der Waals surface area (Å²) >= 11 is 0. The first kappa shape index (κ1) is 12.3. The maximum Gasteiger partial charge on any atom is 0.00473 e. The Hall–Kier alpha value is -0.820. The average Bonchev–Trinajstić information content (AvgIpc) is 2.72. The molecule has 0 bridgehead atoms. The van der Waals surface area contributed by atoms with Crippen molar-refractivity contribution in [2.75, 3.05) is 19.6 Å². The van der Waals surface area contributed by atoms with Gasteiger partial charge in [-0.1, -0.05) is 43.4 Å². The molecule has 0 aromatic heterocycles.